The van der Waals surface area contributed by atoms with Gasteiger partial charge in [0.15, 0.2) is 0 Å². The summed E-state index contributed by atoms with van der Waals surface area (Å²) in [6.07, 6.45) is 1.03. The van der Waals surface area contributed by atoms with Crippen molar-refractivity contribution in [3.63, 3.8) is 0 Å². The fourth-order valence-electron chi connectivity index (χ4n) is 2.78. The average Bonchev–Trinajstić information content (AvgIpc) is 3.09. The smallest absolute Gasteiger partial charge is 0.253 e. The zero-order valence-electron chi connectivity index (χ0n) is 12.7. The van der Waals surface area contributed by atoms with E-state index in [1.54, 1.807) is 0 Å². The molecule has 3 nitrogen and oxygen atoms in total. The predicted octanol–water partition coefficient (Wildman–Crippen LogP) is 3.21. The van der Waals surface area contributed by atoms with Crippen molar-refractivity contribution in [2.45, 2.75) is 12.5 Å². The van der Waals surface area contributed by atoms with Gasteiger partial charge in [-0.05, 0) is 36.2 Å². The minimum absolute atomic E-state index is 0. The number of hydrogen-bond acceptors (Lipinski definition) is 2. The molecule has 4 heteroatoms. The molecule has 1 amide bonds. The van der Waals surface area contributed by atoms with E-state index in [2.05, 4.69) is 17.4 Å². The third kappa shape index (κ3) is 3.49. The average molecular weight is 317 g/mol. The molecular formula is C18H21ClN2O. The normalized spacial score (nSPS) is 16.9. The van der Waals surface area contributed by atoms with E-state index in [1.165, 1.54) is 5.56 Å². The molecule has 1 unspecified atom stereocenters. The zero-order chi connectivity index (χ0) is 14.7. The number of amides is 1. The Bertz CT molecular complexity index is 607. The van der Waals surface area contributed by atoms with Gasteiger partial charge in [0.05, 0.1) is 0 Å². The Morgan fingerprint density at radius 2 is 1.68 bits per heavy atom. The van der Waals surface area contributed by atoms with Gasteiger partial charge in [-0.2, -0.15) is 0 Å². The molecule has 1 saturated heterocycles. The Morgan fingerprint density at radius 1 is 1.05 bits per heavy atom. The van der Waals surface area contributed by atoms with E-state index >= 15 is 0 Å². The maximum absolute atomic E-state index is 12.5. The fourth-order valence-corrected chi connectivity index (χ4v) is 2.78. The number of rotatable bonds is 3. The molecule has 1 atom stereocenters. The molecule has 1 fully saturated rings. The van der Waals surface area contributed by atoms with Crippen molar-refractivity contribution in [3.05, 3.63) is 60.2 Å². The SMILES string of the molecule is CN(C(=O)c1ccc(-c2ccccc2)cc1)C1CCNC1.Cl. The second-order valence-electron chi connectivity index (χ2n) is 5.51. The van der Waals surface area contributed by atoms with Crippen LogP contribution in [0.25, 0.3) is 11.1 Å². The summed E-state index contributed by atoms with van der Waals surface area (Å²) in [5, 5.41) is 3.30. The van der Waals surface area contributed by atoms with Crippen LogP contribution in [-0.2, 0) is 0 Å². The first-order valence-electron chi connectivity index (χ1n) is 7.39. The monoisotopic (exact) mass is 316 g/mol. The van der Waals surface area contributed by atoms with Gasteiger partial charge in [-0.3, -0.25) is 4.79 Å². The zero-order valence-corrected chi connectivity index (χ0v) is 13.5. The number of carbonyl (C=O) groups is 1. The number of halogens is 1. The molecule has 0 aliphatic carbocycles. The van der Waals surface area contributed by atoms with Gasteiger partial charge in [-0.1, -0.05) is 42.5 Å². The van der Waals surface area contributed by atoms with Gasteiger partial charge in [-0.25, -0.2) is 0 Å². The van der Waals surface area contributed by atoms with Gasteiger partial charge >= 0.3 is 0 Å². The van der Waals surface area contributed by atoms with Gasteiger partial charge in [0, 0.05) is 25.2 Å². The Morgan fingerprint density at radius 3 is 2.27 bits per heavy atom. The summed E-state index contributed by atoms with van der Waals surface area (Å²) in [4.78, 5) is 14.3. The third-order valence-electron chi connectivity index (χ3n) is 4.14. The molecule has 1 heterocycles. The Balaban J connectivity index is 0.00000176. The molecule has 0 bridgehead atoms. The lowest BCUT2D eigenvalue weighted by molar-refractivity contribution is 0.0744. The van der Waals surface area contributed by atoms with Crippen LogP contribution < -0.4 is 5.32 Å². The van der Waals surface area contributed by atoms with Gasteiger partial charge in [0.2, 0.25) is 0 Å². The Kier molecular flexibility index (Phi) is 5.58. The Hall–Kier alpha value is -1.84. The van der Waals surface area contributed by atoms with E-state index in [0.29, 0.717) is 6.04 Å². The molecule has 0 radical (unpaired) electrons. The molecule has 1 aliphatic rings. The standard InChI is InChI=1S/C18H20N2O.ClH/c1-20(17-11-12-19-13-17)18(21)16-9-7-15(8-10-16)14-5-3-2-4-6-14;/h2-10,17,19H,11-13H2,1H3;1H. The van der Waals surface area contributed by atoms with E-state index < -0.39 is 0 Å². The van der Waals surface area contributed by atoms with E-state index in [9.17, 15) is 4.79 Å². The highest BCUT2D eigenvalue weighted by atomic mass is 35.5. The summed E-state index contributed by atoms with van der Waals surface area (Å²) < 4.78 is 0. The summed E-state index contributed by atoms with van der Waals surface area (Å²) in [5.74, 6) is 0.100. The van der Waals surface area contributed by atoms with E-state index in [1.807, 2.05) is 54.4 Å². The molecule has 2 aromatic rings. The molecule has 22 heavy (non-hydrogen) atoms. The number of benzene rings is 2. The molecule has 3 rings (SSSR count). The molecule has 2 aromatic carbocycles. The van der Waals surface area contributed by atoms with Crippen molar-refractivity contribution < 1.29 is 4.79 Å². The van der Waals surface area contributed by atoms with Crippen molar-refractivity contribution in [3.8, 4) is 11.1 Å². The first-order chi connectivity index (χ1) is 10.3. The summed E-state index contributed by atoms with van der Waals surface area (Å²) in [6, 6.07) is 18.4. The molecule has 0 aromatic heterocycles. The van der Waals surface area contributed by atoms with Crippen molar-refractivity contribution >= 4 is 18.3 Å². The molecular weight excluding hydrogens is 296 g/mol. The van der Waals surface area contributed by atoms with Gasteiger partial charge in [-0.15, -0.1) is 12.4 Å². The van der Waals surface area contributed by atoms with Crippen LogP contribution >= 0.6 is 12.4 Å². The highest BCUT2D eigenvalue weighted by Gasteiger charge is 2.23. The Labute approximate surface area is 137 Å². The first-order valence-corrected chi connectivity index (χ1v) is 7.39. The first kappa shape index (κ1) is 16.5. The molecule has 116 valence electrons. The topological polar surface area (TPSA) is 32.3 Å². The molecule has 1 N–H and O–H groups in total. The molecule has 1 aliphatic heterocycles. The summed E-state index contributed by atoms with van der Waals surface area (Å²) in [6.45, 7) is 1.89. The van der Waals surface area contributed by atoms with E-state index in [4.69, 9.17) is 0 Å². The highest BCUT2D eigenvalue weighted by Crippen LogP contribution is 2.20. The van der Waals surface area contributed by atoms with Crippen molar-refractivity contribution in [2.75, 3.05) is 20.1 Å². The lowest BCUT2D eigenvalue weighted by Gasteiger charge is -2.23. The largest absolute Gasteiger partial charge is 0.337 e. The molecule has 0 saturated carbocycles. The summed E-state index contributed by atoms with van der Waals surface area (Å²) in [5.41, 5.74) is 3.06. The van der Waals surface area contributed by atoms with Crippen LogP contribution in [0.5, 0.6) is 0 Å². The summed E-state index contributed by atoms with van der Waals surface area (Å²) >= 11 is 0. The number of carbonyl (C=O) groups excluding carboxylic acids is 1. The van der Waals surface area contributed by atoms with Crippen molar-refractivity contribution in [1.29, 1.82) is 0 Å². The van der Waals surface area contributed by atoms with Gasteiger partial charge in [0.25, 0.3) is 5.91 Å². The van der Waals surface area contributed by atoms with Crippen LogP contribution in [0.2, 0.25) is 0 Å². The van der Waals surface area contributed by atoms with Gasteiger partial charge < -0.3 is 10.2 Å². The van der Waals surface area contributed by atoms with Crippen LogP contribution in [-0.4, -0.2) is 37.0 Å². The molecule has 0 spiro atoms. The number of nitrogens with zero attached hydrogens (tertiary/aromatic N) is 1. The highest BCUT2D eigenvalue weighted by molar-refractivity contribution is 5.94. The minimum Gasteiger partial charge on any atom is -0.337 e. The van der Waals surface area contributed by atoms with Crippen molar-refractivity contribution in [1.82, 2.24) is 10.2 Å². The number of nitrogens with one attached hydrogen (secondary N) is 1. The quantitative estimate of drug-likeness (QED) is 0.943. The minimum atomic E-state index is 0. The van der Waals surface area contributed by atoms with Crippen LogP contribution in [0, 0.1) is 0 Å². The second kappa shape index (κ2) is 7.43. The predicted molar refractivity (Wildman–Crippen MR) is 92.5 cm³/mol. The van der Waals surface area contributed by atoms with Crippen LogP contribution in [0.3, 0.4) is 0 Å². The summed E-state index contributed by atoms with van der Waals surface area (Å²) in [7, 11) is 1.89. The van der Waals surface area contributed by atoms with Crippen molar-refractivity contribution in [2.24, 2.45) is 0 Å². The number of likely N-dealkylation sites (N-methyl/N-ethyl adjacent to an activating group) is 1. The van der Waals surface area contributed by atoms with E-state index in [0.717, 1.165) is 30.6 Å². The van der Waals surface area contributed by atoms with Crippen LogP contribution in [0.15, 0.2) is 54.6 Å². The maximum atomic E-state index is 12.5. The van der Waals surface area contributed by atoms with Gasteiger partial charge in [0.1, 0.15) is 0 Å². The maximum Gasteiger partial charge on any atom is 0.253 e. The van der Waals surface area contributed by atoms with Crippen LogP contribution in [0.1, 0.15) is 16.8 Å². The lowest BCUT2D eigenvalue weighted by atomic mass is 10.0. The second-order valence-corrected chi connectivity index (χ2v) is 5.51. The third-order valence-corrected chi connectivity index (χ3v) is 4.14. The van der Waals surface area contributed by atoms with E-state index in [-0.39, 0.29) is 18.3 Å². The fraction of sp³-hybridized carbons (Fsp3) is 0.278. The number of hydrogen-bond donors (Lipinski definition) is 1. The van der Waals surface area contributed by atoms with Crippen LogP contribution in [0.4, 0.5) is 0 Å². The lowest BCUT2D eigenvalue weighted by Crippen LogP contribution is -2.38.